The lowest BCUT2D eigenvalue weighted by molar-refractivity contribution is 0.0117. The zero-order valence-electron chi connectivity index (χ0n) is 12.5. The van der Waals surface area contributed by atoms with Crippen LogP contribution in [0, 0.1) is 6.92 Å². The van der Waals surface area contributed by atoms with Gasteiger partial charge in [-0.15, -0.1) is 0 Å². The SMILES string of the molecule is Cc1cc(CN(C)C[C@@H](O)COCc2ccccc2)on1. The molecule has 0 fully saturated rings. The molecule has 2 rings (SSSR count). The van der Waals surface area contributed by atoms with Crippen LogP contribution in [0.5, 0.6) is 0 Å². The molecule has 1 N–H and O–H groups in total. The highest BCUT2D eigenvalue weighted by molar-refractivity contribution is 5.13. The number of benzene rings is 1. The van der Waals surface area contributed by atoms with E-state index in [9.17, 15) is 5.11 Å². The van der Waals surface area contributed by atoms with Gasteiger partial charge in [-0.2, -0.15) is 0 Å². The van der Waals surface area contributed by atoms with Crippen molar-refractivity contribution in [2.75, 3.05) is 20.2 Å². The first-order valence-electron chi connectivity index (χ1n) is 7.04. The molecule has 1 aromatic heterocycles. The van der Waals surface area contributed by atoms with Crippen molar-refractivity contribution in [1.29, 1.82) is 0 Å². The highest BCUT2D eigenvalue weighted by Crippen LogP contribution is 2.06. The van der Waals surface area contributed by atoms with E-state index in [-0.39, 0.29) is 0 Å². The Kier molecular flexibility index (Phi) is 5.92. The summed E-state index contributed by atoms with van der Waals surface area (Å²) in [6.07, 6.45) is -0.525. The van der Waals surface area contributed by atoms with Crippen molar-refractivity contribution < 1.29 is 14.4 Å². The van der Waals surface area contributed by atoms with Crippen LogP contribution in [0.1, 0.15) is 17.0 Å². The Morgan fingerprint density at radius 2 is 2.10 bits per heavy atom. The highest BCUT2D eigenvalue weighted by atomic mass is 16.5. The molecule has 1 aromatic carbocycles. The minimum Gasteiger partial charge on any atom is -0.389 e. The maximum Gasteiger partial charge on any atom is 0.150 e. The summed E-state index contributed by atoms with van der Waals surface area (Å²) in [4.78, 5) is 1.98. The predicted molar refractivity (Wildman–Crippen MR) is 79.7 cm³/mol. The lowest BCUT2D eigenvalue weighted by Gasteiger charge is -2.19. The van der Waals surface area contributed by atoms with Crippen LogP contribution in [-0.2, 0) is 17.9 Å². The molecule has 0 aliphatic rings. The van der Waals surface area contributed by atoms with E-state index in [0.29, 0.717) is 26.3 Å². The molecule has 21 heavy (non-hydrogen) atoms. The summed E-state index contributed by atoms with van der Waals surface area (Å²) in [5.74, 6) is 0.799. The van der Waals surface area contributed by atoms with Crippen LogP contribution in [0.25, 0.3) is 0 Å². The van der Waals surface area contributed by atoms with Crippen molar-refractivity contribution in [3.8, 4) is 0 Å². The molecule has 0 unspecified atom stereocenters. The van der Waals surface area contributed by atoms with Gasteiger partial charge in [0.15, 0.2) is 5.76 Å². The number of aliphatic hydroxyl groups is 1. The van der Waals surface area contributed by atoms with Gasteiger partial charge in [0.1, 0.15) is 0 Å². The van der Waals surface area contributed by atoms with E-state index >= 15 is 0 Å². The van der Waals surface area contributed by atoms with Gasteiger partial charge in [0.25, 0.3) is 0 Å². The summed E-state index contributed by atoms with van der Waals surface area (Å²) in [7, 11) is 1.93. The number of hydrogen-bond donors (Lipinski definition) is 1. The normalized spacial score (nSPS) is 12.8. The summed E-state index contributed by atoms with van der Waals surface area (Å²) in [5.41, 5.74) is 1.97. The molecule has 1 heterocycles. The Morgan fingerprint density at radius 3 is 2.76 bits per heavy atom. The molecule has 114 valence electrons. The number of likely N-dealkylation sites (N-methyl/N-ethyl adjacent to an activating group) is 1. The van der Waals surface area contributed by atoms with Gasteiger partial charge in [-0.1, -0.05) is 35.5 Å². The molecule has 0 aliphatic heterocycles. The lowest BCUT2D eigenvalue weighted by atomic mass is 10.2. The van der Waals surface area contributed by atoms with Crippen LogP contribution in [-0.4, -0.2) is 41.5 Å². The monoisotopic (exact) mass is 290 g/mol. The number of aryl methyl sites for hydroxylation is 1. The fourth-order valence-electron chi connectivity index (χ4n) is 2.12. The maximum absolute atomic E-state index is 9.97. The van der Waals surface area contributed by atoms with Crippen LogP contribution < -0.4 is 0 Å². The molecule has 0 aliphatic carbocycles. The second-order valence-corrected chi connectivity index (χ2v) is 5.29. The fraction of sp³-hybridized carbons (Fsp3) is 0.438. The average Bonchev–Trinajstić information content (AvgIpc) is 2.85. The van der Waals surface area contributed by atoms with Gasteiger partial charge in [0.05, 0.1) is 31.6 Å². The van der Waals surface area contributed by atoms with Crippen LogP contribution in [0.15, 0.2) is 40.9 Å². The maximum atomic E-state index is 9.97. The van der Waals surface area contributed by atoms with E-state index < -0.39 is 6.10 Å². The van der Waals surface area contributed by atoms with Gasteiger partial charge in [0.2, 0.25) is 0 Å². The molecular weight excluding hydrogens is 268 g/mol. The summed E-state index contributed by atoms with van der Waals surface area (Å²) in [5, 5.41) is 13.8. The van der Waals surface area contributed by atoms with Gasteiger partial charge in [0, 0.05) is 12.6 Å². The van der Waals surface area contributed by atoms with E-state index in [1.165, 1.54) is 0 Å². The zero-order chi connectivity index (χ0) is 15.1. The van der Waals surface area contributed by atoms with E-state index in [2.05, 4.69) is 5.16 Å². The number of hydrogen-bond acceptors (Lipinski definition) is 5. The smallest absolute Gasteiger partial charge is 0.150 e. The van der Waals surface area contributed by atoms with E-state index in [1.807, 2.05) is 55.3 Å². The van der Waals surface area contributed by atoms with Crippen molar-refractivity contribution in [1.82, 2.24) is 10.1 Å². The second-order valence-electron chi connectivity index (χ2n) is 5.29. The van der Waals surface area contributed by atoms with E-state index in [1.54, 1.807) is 0 Å². The Hall–Kier alpha value is -1.69. The molecule has 5 nitrogen and oxygen atoms in total. The predicted octanol–water partition coefficient (Wildman–Crippen LogP) is 1.99. The van der Waals surface area contributed by atoms with Crippen LogP contribution in [0.3, 0.4) is 0 Å². The molecule has 0 spiro atoms. The average molecular weight is 290 g/mol. The lowest BCUT2D eigenvalue weighted by Crippen LogP contribution is -2.31. The molecule has 0 radical (unpaired) electrons. The first-order valence-corrected chi connectivity index (χ1v) is 7.04. The Balaban J connectivity index is 1.65. The van der Waals surface area contributed by atoms with Crippen molar-refractivity contribution >= 4 is 0 Å². The Morgan fingerprint density at radius 1 is 1.33 bits per heavy atom. The molecule has 1 atom stereocenters. The number of rotatable bonds is 8. The number of aliphatic hydroxyl groups excluding tert-OH is 1. The summed E-state index contributed by atoms with van der Waals surface area (Å²) in [6, 6.07) is 11.8. The largest absolute Gasteiger partial charge is 0.389 e. The molecule has 0 saturated heterocycles. The fourth-order valence-corrected chi connectivity index (χ4v) is 2.12. The second kappa shape index (κ2) is 7.93. The number of aromatic nitrogens is 1. The zero-order valence-corrected chi connectivity index (χ0v) is 12.5. The van der Waals surface area contributed by atoms with Crippen molar-refractivity contribution in [3.63, 3.8) is 0 Å². The third kappa shape index (κ3) is 5.67. The Bertz CT molecular complexity index is 527. The van der Waals surface area contributed by atoms with Crippen molar-refractivity contribution in [2.24, 2.45) is 0 Å². The number of ether oxygens (including phenoxy) is 1. The standard InChI is InChI=1S/C16H22N2O3/c1-13-8-16(21-17-13)10-18(2)9-15(19)12-20-11-14-6-4-3-5-7-14/h3-8,15,19H,9-12H2,1-2H3/t15-/m1/s1. The third-order valence-electron chi connectivity index (χ3n) is 3.05. The molecule has 0 saturated carbocycles. The van der Waals surface area contributed by atoms with Gasteiger partial charge < -0.3 is 14.4 Å². The van der Waals surface area contributed by atoms with Gasteiger partial charge in [-0.25, -0.2) is 0 Å². The molecule has 2 aromatic rings. The molecule has 0 bridgehead atoms. The Labute approximate surface area is 125 Å². The van der Waals surface area contributed by atoms with Crippen LogP contribution >= 0.6 is 0 Å². The van der Waals surface area contributed by atoms with Gasteiger partial charge in [-0.3, -0.25) is 4.90 Å². The highest BCUT2D eigenvalue weighted by Gasteiger charge is 2.11. The van der Waals surface area contributed by atoms with Crippen molar-refractivity contribution in [3.05, 3.63) is 53.4 Å². The minimum absolute atomic E-state index is 0.314. The first kappa shape index (κ1) is 15.7. The minimum atomic E-state index is -0.525. The summed E-state index contributed by atoms with van der Waals surface area (Å²) in [6.45, 7) is 3.86. The van der Waals surface area contributed by atoms with E-state index in [4.69, 9.17) is 9.26 Å². The topological polar surface area (TPSA) is 58.7 Å². The first-order chi connectivity index (χ1) is 10.1. The summed E-state index contributed by atoms with van der Waals surface area (Å²) < 4.78 is 10.7. The molecule has 5 heteroatoms. The summed E-state index contributed by atoms with van der Waals surface area (Å²) >= 11 is 0. The third-order valence-corrected chi connectivity index (χ3v) is 3.05. The van der Waals surface area contributed by atoms with Crippen LogP contribution in [0.4, 0.5) is 0 Å². The molecule has 0 amide bonds. The van der Waals surface area contributed by atoms with Gasteiger partial charge >= 0.3 is 0 Å². The number of nitrogens with zero attached hydrogens (tertiary/aromatic N) is 2. The van der Waals surface area contributed by atoms with Crippen LogP contribution in [0.2, 0.25) is 0 Å². The van der Waals surface area contributed by atoms with E-state index in [0.717, 1.165) is 17.0 Å². The van der Waals surface area contributed by atoms with Crippen molar-refractivity contribution in [2.45, 2.75) is 26.2 Å². The van der Waals surface area contributed by atoms with Gasteiger partial charge in [-0.05, 0) is 19.5 Å². The quantitative estimate of drug-likeness (QED) is 0.805. The molecular formula is C16H22N2O3.